The van der Waals surface area contributed by atoms with Crippen LogP contribution in [0.15, 0.2) is 24.3 Å². The van der Waals surface area contributed by atoms with E-state index in [4.69, 9.17) is 4.74 Å². The van der Waals surface area contributed by atoms with Gasteiger partial charge in [-0.15, -0.1) is 0 Å². The van der Waals surface area contributed by atoms with Crippen LogP contribution in [0.1, 0.15) is 18.4 Å². The zero-order chi connectivity index (χ0) is 12.8. The quantitative estimate of drug-likeness (QED) is 0.863. The summed E-state index contributed by atoms with van der Waals surface area (Å²) in [6.07, 6.45) is 2.59. The number of nitrogens with one attached hydrogen (secondary N) is 1. The number of hydrogen-bond donors (Lipinski definition) is 1. The Kier molecular flexibility index (Phi) is 5.02. The van der Waals surface area contributed by atoms with Crippen LogP contribution < -0.4 is 10.1 Å². The van der Waals surface area contributed by atoms with E-state index in [2.05, 4.69) is 36.3 Å². The predicted molar refractivity (Wildman–Crippen MR) is 75.2 cm³/mol. The molecule has 3 heteroatoms. The molecule has 0 saturated carbocycles. The SMILES string of the molecule is CNC1CCCN(CCOc2ccc(C)cc2)C1. The maximum atomic E-state index is 5.77. The van der Waals surface area contributed by atoms with Crippen molar-refractivity contribution in [2.45, 2.75) is 25.8 Å². The molecule has 0 amide bonds. The van der Waals surface area contributed by atoms with Crippen molar-refractivity contribution in [3.05, 3.63) is 29.8 Å². The molecule has 1 aliphatic heterocycles. The first kappa shape index (κ1) is 13.4. The Bertz CT molecular complexity index is 350. The highest BCUT2D eigenvalue weighted by molar-refractivity contribution is 5.26. The fourth-order valence-electron chi connectivity index (χ4n) is 2.42. The number of rotatable bonds is 5. The van der Waals surface area contributed by atoms with Crippen LogP contribution in [0.5, 0.6) is 5.75 Å². The van der Waals surface area contributed by atoms with Gasteiger partial charge >= 0.3 is 0 Å². The van der Waals surface area contributed by atoms with Gasteiger partial charge in [0.1, 0.15) is 12.4 Å². The van der Waals surface area contributed by atoms with Gasteiger partial charge in [0.15, 0.2) is 0 Å². The lowest BCUT2D eigenvalue weighted by Gasteiger charge is -2.32. The molecule has 0 bridgehead atoms. The molecule has 0 aliphatic carbocycles. The monoisotopic (exact) mass is 248 g/mol. The average Bonchev–Trinajstić information content (AvgIpc) is 2.41. The van der Waals surface area contributed by atoms with Crippen LogP contribution in [-0.4, -0.2) is 44.2 Å². The van der Waals surface area contributed by atoms with Crippen LogP contribution in [0.3, 0.4) is 0 Å². The van der Waals surface area contributed by atoms with Gasteiger partial charge in [-0.2, -0.15) is 0 Å². The Morgan fingerprint density at radius 3 is 2.83 bits per heavy atom. The third-order valence-electron chi connectivity index (χ3n) is 3.61. The Morgan fingerprint density at radius 2 is 2.11 bits per heavy atom. The normalized spacial score (nSPS) is 20.9. The third-order valence-corrected chi connectivity index (χ3v) is 3.61. The number of likely N-dealkylation sites (tertiary alicyclic amines) is 1. The molecule has 0 radical (unpaired) electrons. The van der Waals surface area contributed by atoms with Crippen molar-refractivity contribution in [1.82, 2.24) is 10.2 Å². The lowest BCUT2D eigenvalue weighted by molar-refractivity contribution is 0.162. The summed E-state index contributed by atoms with van der Waals surface area (Å²) in [7, 11) is 2.05. The molecular formula is C15H24N2O. The van der Waals surface area contributed by atoms with Gasteiger partial charge in [0.25, 0.3) is 0 Å². The lowest BCUT2D eigenvalue weighted by atomic mass is 10.1. The van der Waals surface area contributed by atoms with Gasteiger partial charge in [-0.3, -0.25) is 4.90 Å². The van der Waals surface area contributed by atoms with E-state index in [1.807, 2.05) is 12.1 Å². The van der Waals surface area contributed by atoms with Crippen LogP contribution in [-0.2, 0) is 0 Å². The number of ether oxygens (including phenoxy) is 1. The molecule has 1 heterocycles. The average molecular weight is 248 g/mol. The summed E-state index contributed by atoms with van der Waals surface area (Å²) in [6, 6.07) is 8.92. The summed E-state index contributed by atoms with van der Waals surface area (Å²) in [5.74, 6) is 0.975. The van der Waals surface area contributed by atoms with E-state index >= 15 is 0 Å². The molecule has 0 spiro atoms. The topological polar surface area (TPSA) is 24.5 Å². The Balaban J connectivity index is 1.70. The molecule has 2 rings (SSSR count). The standard InChI is InChI=1S/C15H24N2O/c1-13-5-7-15(8-6-13)18-11-10-17-9-3-4-14(12-17)16-2/h5-8,14,16H,3-4,9-12H2,1-2H3. The van der Waals surface area contributed by atoms with Crippen LogP contribution in [0.4, 0.5) is 0 Å². The molecule has 1 aromatic carbocycles. The van der Waals surface area contributed by atoms with E-state index < -0.39 is 0 Å². The molecule has 0 aromatic heterocycles. The van der Waals surface area contributed by atoms with E-state index in [1.54, 1.807) is 0 Å². The van der Waals surface area contributed by atoms with Gasteiger partial charge in [-0.25, -0.2) is 0 Å². The van der Waals surface area contributed by atoms with E-state index in [0.29, 0.717) is 6.04 Å². The van der Waals surface area contributed by atoms with E-state index in [9.17, 15) is 0 Å². The molecule has 1 aromatic rings. The van der Waals surface area contributed by atoms with Crippen molar-refractivity contribution in [2.75, 3.05) is 33.3 Å². The van der Waals surface area contributed by atoms with Crippen molar-refractivity contribution >= 4 is 0 Å². The third kappa shape index (κ3) is 4.00. The molecule has 18 heavy (non-hydrogen) atoms. The summed E-state index contributed by atoms with van der Waals surface area (Å²) >= 11 is 0. The second kappa shape index (κ2) is 6.76. The molecular weight excluding hydrogens is 224 g/mol. The fraction of sp³-hybridized carbons (Fsp3) is 0.600. The highest BCUT2D eigenvalue weighted by atomic mass is 16.5. The van der Waals surface area contributed by atoms with Crippen LogP contribution >= 0.6 is 0 Å². The zero-order valence-electron chi connectivity index (χ0n) is 11.5. The molecule has 1 fully saturated rings. The summed E-state index contributed by atoms with van der Waals surface area (Å²) in [4.78, 5) is 2.48. The second-order valence-corrected chi connectivity index (χ2v) is 5.09. The van der Waals surface area contributed by atoms with Gasteiger partial charge in [0, 0.05) is 19.1 Å². The number of likely N-dealkylation sites (N-methyl/N-ethyl adjacent to an activating group) is 1. The van der Waals surface area contributed by atoms with E-state index in [1.165, 1.54) is 24.9 Å². The number of piperidine rings is 1. The highest BCUT2D eigenvalue weighted by Gasteiger charge is 2.17. The van der Waals surface area contributed by atoms with Crippen molar-refractivity contribution in [1.29, 1.82) is 0 Å². The minimum Gasteiger partial charge on any atom is -0.492 e. The van der Waals surface area contributed by atoms with Gasteiger partial charge in [0.05, 0.1) is 0 Å². The van der Waals surface area contributed by atoms with Crippen molar-refractivity contribution in [2.24, 2.45) is 0 Å². The molecule has 1 saturated heterocycles. The number of benzene rings is 1. The first-order chi connectivity index (χ1) is 8.78. The first-order valence-electron chi connectivity index (χ1n) is 6.87. The fourth-order valence-corrected chi connectivity index (χ4v) is 2.42. The Morgan fingerprint density at radius 1 is 1.33 bits per heavy atom. The largest absolute Gasteiger partial charge is 0.492 e. The van der Waals surface area contributed by atoms with Crippen LogP contribution in [0.25, 0.3) is 0 Å². The minimum absolute atomic E-state index is 0.651. The summed E-state index contributed by atoms with van der Waals surface area (Å²) in [6.45, 7) is 6.24. The van der Waals surface area contributed by atoms with Crippen molar-refractivity contribution in [3.8, 4) is 5.75 Å². The van der Waals surface area contributed by atoms with Crippen molar-refractivity contribution in [3.63, 3.8) is 0 Å². The summed E-state index contributed by atoms with van der Waals surface area (Å²) in [5, 5.41) is 3.37. The highest BCUT2D eigenvalue weighted by Crippen LogP contribution is 2.12. The molecule has 1 N–H and O–H groups in total. The number of aryl methyl sites for hydroxylation is 1. The molecule has 100 valence electrons. The van der Waals surface area contributed by atoms with E-state index in [-0.39, 0.29) is 0 Å². The van der Waals surface area contributed by atoms with E-state index in [0.717, 1.165) is 25.4 Å². The first-order valence-corrected chi connectivity index (χ1v) is 6.87. The summed E-state index contributed by atoms with van der Waals surface area (Å²) < 4.78 is 5.77. The van der Waals surface area contributed by atoms with Gasteiger partial charge in [0.2, 0.25) is 0 Å². The second-order valence-electron chi connectivity index (χ2n) is 5.09. The summed E-state index contributed by atoms with van der Waals surface area (Å²) in [5.41, 5.74) is 1.27. The number of hydrogen-bond acceptors (Lipinski definition) is 3. The van der Waals surface area contributed by atoms with Gasteiger partial charge < -0.3 is 10.1 Å². The predicted octanol–water partition coefficient (Wildman–Crippen LogP) is 2.06. The maximum Gasteiger partial charge on any atom is 0.119 e. The molecule has 3 nitrogen and oxygen atoms in total. The van der Waals surface area contributed by atoms with Crippen molar-refractivity contribution < 1.29 is 4.74 Å². The molecule has 1 aliphatic rings. The van der Waals surface area contributed by atoms with Crippen LogP contribution in [0.2, 0.25) is 0 Å². The zero-order valence-corrected chi connectivity index (χ0v) is 11.5. The number of nitrogens with zero attached hydrogens (tertiary/aromatic N) is 1. The Hall–Kier alpha value is -1.06. The van der Waals surface area contributed by atoms with Crippen LogP contribution in [0, 0.1) is 6.92 Å². The van der Waals surface area contributed by atoms with Gasteiger partial charge in [-0.1, -0.05) is 17.7 Å². The minimum atomic E-state index is 0.651. The molecule has 1 unspecified atom stereocenters. The molecule has 1 atom stereocenters. The maximum absolute atomic E-state index is 5.77. The Labute approximate surface area is 110 Å². The lowest BCUT2D eigenvalue weighted by Crippen LogP contribution is -2.45. The smallest absolute Gasteiger partial charge is 0.119 e. The van der Waals surface area contributed by atoms with Gasteiger partial charge in [-0.05, 0) is 45.5 Å².